The maximum Gasteiger partial charge on any atom is 0.213 e. The monoisotopic (exact) mass is 234 g/mol. The quantitative estimate of drug-likeness (QED) is 0.787. The first-order valence-corrected chi connectivity index (χ1v) is 6.59. The van der Waals surface area contributed by atoms with Crippen LogP contribution in [0.15, 0.2) is 12.1 Å². The molecule has 0 amide bonds. The summed E-state index contributed by atoms with van der Waals surface area (Å²) in [5.74, 6) is 0.742. The molecule has 0 atom stereocenters. The highest BCUT2D eigenvalue weighted by atomic mass is 16.5. The Hall–Kier alpha value is -1.09. The highest BCUT2D eigenvalue weighted by Crippen LogP contribution is 2.20. The molecule has 3 heteroatoms. The van der Waals surface area contributed by atoms with Gasteiger partial charge in [-0.1, -0.05) is 13.3 Å². The zero-order valence-corrected chi connectivity index (χ0v) is 10.8. The number of rotatable bonds is 7. The van der Waals surface area contributed by atoms with Crippen LogP contribution in [0.5, 0.6) is 5.88 Å². The minimum Gasteiger partial charge on any atom is -0.481 e. The predicted molar refractivity (Wildman–Crippen MR) is 69.3 cm³/mol. The van der Waals surface area contributed by atoms with Crippen molar-refractivity contribution in [3.8, 4) is 5.88 Å². The van der Waals surface area contributed by atoms with E-state index in [0.29, 0.717) is 0 Å². The molecular formula is C14H22N2O. The van der Waals surface area contributed by atoms with Crippen LogP contribution in [0.4, 0.5) is 0 Å². The van der Waals surface area contributed by atoms with Gasteiger partial charge in [-0.2, -0.15) is 0 Å². The smallest absolute Gasteiger partial charge is 0.213 e. The number of nitrogens with zero attached hydrogens (tertiary/aromatic N) is 1. The normalized spacial score (nSPS) is 14.9. The summed E-state index contributed by atoms with van der Waals surface area (Å²) in [6.45, 7) is 3.14. The number of unbranched alkanes of at least 4 members (excludes halogenated alkanes) is 1. The summed E-state index contributed by atoms with van der Waals surface area (Å²) in [5, 5.41) is 3.52. The van der Waals surface area contributed by atoms with Crippen molar-refractivity contribution in [3.63, 3.8) is 0 Å². The van der Waals surface area contributed by atoms with E-state index in [9.17, 15) is 0 Å². The maximum absolute atomic E-state index is 5.26. The van der Waals surface area contributed by atoms with E-state index >= 15 is 0 Å². The first-order valence-electron chi connectivity index (χ1n) is 6.59. The van der Waals surface area contributed by atoms with E-state index in [0.717, 1.165) is 30.6 Å². The van der Waals surface area contributed by atoms with Crippen molar-refractivity contribution in [1.82, 2.24) is 10.3 Å². The molecule has 1 N–H and O–H groups in total. The number of pyridine rings is 1. The minimum absolute atomic E-state index is 0.742. The Kier molecular flexibility index (Phi) is 4.37. The van der Waals surface area contributed by atoms with Crippen molar-refractivity contribution in [2.75, 3.05) is 7.11 Å². The molecule has 0 unspecified atom stereocenters. The van der Waals surface area contributed by atoms with Crippen LogP contribution in [0, 0.1) is 0 Å². The molecule has 1 fully saturated rings. The lowest BCUT2D eigenvalue weighted by atomic mass is 10.1. The zero-order chi connectivity index (χ0) is 12.1. The van der Waals surface area contributed by atoms with Gasteiger partial charge in [0, 0.05) is 24.3 Å². The SMILES string of the molecule is CCCCc1cc(CNC2CC2)cc(OC)n1. The van der Waals surface area contributed by atoms with E-state index in [1.807, 2.05) is 6.07 Å². The van der Waals surface area contributed by atoms with Gasteiger partial charge in [-0.3, -0.25) is 0 Å². The lowest BCUT2D eigenvalue weighted by Crippen LogP contribution is -2.15. The molecule has 1 aliphatic rings. The van der Waals surface area contributed by atoms with Crippen LogP contribution in [0.2, 0.25) is 0 Å². The zero-order valence-electron chi connectivity index (χ0n) is 10.8. The third-order valence-electron chi connectivity index (χ3n) is 3.08. The molecule has 0 radical (unpaired) electrons. The molecule has 0 spiro atoms. The van der Waals surface area contributed by atoms with Crippen molar-refractivity contribution in [1.29, 1.82) is 0 Å². The summed E-state index contributed by atoms with van der Waals surface area (Å²) in [6.07, 6.45) is 6.09. The Morgan fingerprint density at radius 3 is 2.88 bits per heavy atom. The lowest BCUT2D eigenvalue weighted by Gasteiger charge is -2.08. The summed E-state index contributed by atoms with van der Waals surface area (Å²) >= 11 is 0. The highest BCUT2D eigenvalue weighted by molar-refractivity contribution is 5.25. The number of hydrogen-bond donors (Lipinski definition) is 1. The second kappa shape index (κ2) is 6.01. The molecule has 1 aliphatic carbocycles. The Morgan fingerprint density at radius 1 is 1.41 bits per heavy atom. The van der Waals surface area contributed by atoms with Crippen molar-refractivity contribution < 1.29 is 4.74 Å². The predicted octanol–water partition coefficient (Wildman–Crippen LogP) is 2.68. The van der Waals surface area contributed by atoms with Gasteiger partial charge in [0.05, 0.1) is 7.11 Å². The average molecular weight is 234 g/mol. The number of hydrogen-bond acceptors (Lipinski definition) is 3. The van der Waals surface area contributed by atoms with E-state index in [4.69, 9.17) is 4.74 Å². The maximum atomic E-state index is 5.26. The molecule has 3 nitrogen and oxygen atoms in total. The highest BCUT2D eigenvalue weighted by Gasteiger charge is 2.20. The number of methoxy groups -OCH3 is 1. The molecule has 0 aromatic carbocycles. The van der Waals surface area contributed by atoms with Crippen molar-refractivity contribution in [2.24, 2.45) is 0 Å². The Morgan fingerprint density at radius 2 is 2.24 bits per heavy atom. The van der Waals surface area contributed by atoms with Gasteiger partial charge < -0.3 is 10.1 Å². The molecule has 0 saturated heterocycles. The molecule has 1 heterocycles. The minimum atomic E-state index is 0.742. The van der Waals surface area contributed by atoms with Gasteiger partial charge in [0.15, 0.2) is 0 Å². The van der Waals surface area contributed by atoms with E-state index < -0.39 is 0 Å². The van der Waals surface area contributed by atoms with Crippen LogP contribution in [0.25, 0.3) is 0 Å². The fraction of sp³-hybridized carbons (Fsp3) is 0.643. The van der Waals surface area contributed by atoms with Crippen molar-refractivity contribution >= 4 is 0 Å². The molecular weight excluding hydrogens is 212 g/mol. The van der Waals surface area contributed by atoms with Gasteiger partial charge in [-0.15, -0.1) is 0 Å². The van der Waals surface area contributed by atoms with E-state index in [1.54, 1.807) is 7.11 Å². The molecule has 1 aromatic rings. The number of ether oxygens (including phenoxy) is 1. The summed E-state index contributed by atoms with van der Waals surface area (Å²) < 4.78 is 5.26. The molecule has 94 valence electrons. The molecule has 1 aromatic heterocycles. The summed E-state index contributed by atoms with van der Waals surface area (Å²) in [4.78, 5) is 4.48. The third kappa shape index (κ3) is 4.00. The van der Waals surface area contributed by atoms with Crippen molar-refractivity contribution in [2.45, 2.75) is 51.6 Å². The first-order chi connectivity index (χ1) is 8.31. The largest absolute Gasteiger partial charge is 0.481 e. The summed E-state index contributed by atoms with van der Waals surface area (Å²) in [6, 6.07) is 4.98. The van der Waals surface area contributed by atoms with E-state index in [-0.39, 0.29) is 0 Å². The second-order valence-corrected chi connectivity index (χ2v) is 4.77. The standard InChI is InChI=1S/C14H22N2O/c1-3-4-5-13-8-11(9-14(16-13)17-2)10-15-12-6-7-12/h8-9,12,15H,3-7,10H2,1-2H3. The van der Waals surface area contributed by atoms with Gasteiger partial charge in [-0.05, 0) is 37.3 Å². The van der Waals surface area contributed by atoms with Crippen molar-refractivity contribution in [3.05, 3.63) is 23.4 Å². The van der Waals surface area contributed by atoms with Crippen LogP contribution in [-0.4, -0.2) is 18.1 Å². The van der Waals surface area contributed by atoms with Crippen LogP contribution >= 0.6 is 0 Å². The molecule has 17 heavy (non-hydrogen) atoms. The molecule has 0 bridgehead atoms. The lowest BCUT2D eigenvalue weighted by molar-refractivity contribution is 0.395. The molecule has 1 saturated carbocycles. The van der Waals surface area contributed by atoms with Gasteiger partial charge in [0.2, 0.25) is 5.88 Å². The third-order valence-corrected chi connectivity index (χ3v) is 3.08. The Balaban J connectivity index is 2.00. The van der Waals surface area contributed by atoms with Crippen LogP contribution in [0.1, 0.15) is 43.9 Å². The van der Waals surface area contributed by atoms with E-state index in [1.165, 1.54) is 31.2 Å². The topological polar surface area (TPSA) is 34.1 Å². The second-order valence-electron chi connectivity index (χ2n) is 4.77. The fourth-order valence-electron chi connectivity index (χ4n) is 1.86. The Labute approximate surface area is 104 Å². The van der Waals surface area contributed by atoms with Gasteiger partial charge in [-0.25, -0.2) is 4.98 Å². The van der Waals surface area contributed by atoms with Gasteiger partial charge in [0.25, 0.3) is 0 Å². The van der Waals surface area contributed by atoms with Crippen LogP contribution in [0.3, 0.4) is 0 Å². The molecule has 2 rings (SSSR count). The average Bonchev–Trinajstić information content (AvgIpc) is 3.17. The van der Waals surface area contributed by atoms with Gasteiger partial charge in [0.1, 0.15) is 0 Å². The Bertz CT molecular complexity index is 361. The number of nitrogens with one attached hydrogen (secondary N) is 1. The van der Waals surface area contributed by atoms with Crippen LogP contribution in [-0.2, 0) is 13.0 Å². The summed E-state index contributed by atoms with van der Waals surface area (Å²) in [7, 11) is 1.68. The van der Waals surface area contributed by atoms with E-state index in [2.05, 4.69) is 23.3 Å². The van der Waals surface area contributed by atoms with Crippen LogP contribution < -0.4 is 10.1 Å². The molecule has 0 aliphatic heterocycles. The number of aryl methyl sites for hydroxylation is 1. The summed E-state index contributed by atoms with van der Waals surface area (Å²) in [5.41, 5.74) is 2.44. The van der Waals surface area contributed by atoms with Gasteiger partial charge >= 0.3 is 0 Å². The first kappa shape index (κ1) is 12.4. The number of aromatic nitrogens is 1. The fourth-order valence-corrected chi connectivity index (χ4v) is 1.86.